The number of fused-ring (bicyclic) bond motifs is 1. The normalized spacial score (nSPS) is 22.8. The summed E-state index contributed by atoms with van der Waals surface area (Å²) in [7, 11) is 1.84. The van der Waals surface area contributed by atoms with Gasteiger partial charge >= 0.3 is 0 Å². The Hall–Kier alpha value is -3.19. The third kappa shape index (κ3) is 4.12. The predicted octanol–water partition coefficient (Wildman–Crippen LogP) is 3.78. The van der Waals surface area contributed by atoms with Gasteiger partial charge < -0.3 is 19.4 Å². The van der Waals surface area contributed by atoms with E-state index in [0.29, 0.717) is 12.2 Å². The Morgan fingerprint density at radius 3 is 2.72 bits per heavy atom. The molecule has 3 aromatic rings. The van der Waals surface area contributed by atoms with Gasteiger partial charge in [0.15, 0.2) is 5.58 Å². The number of furan rings is 1. The van der Waals surface area contributed by atoms with Crippen molar-refractivity contribution in [1.82, 2.24) is 15.2 Å². The monoisotopic (exact) mass is 433 g/mol. The number of hydrogen-bond donors (Lipinski definition) is 1. The minimum atomic E-state index is -0.311. The average molecular weight is 434 g/mol. The summed E-state index contributed by atoms with van der Waals surface area (Å²) in [5.41, 5.74) is 3.09. The number of carbonyl (C=O) groups is 2. The average Bonchev–Trinajstić information content (AvgIpc) is 3.58. The van der Waals surface area contributed by atoms with E-state index in [4.69, 9.17) is 9.15 Å². The fourth-order valence-electron chi connectivity index (χ4n) is 4.68. The summed E-state index contributed by atoms with van der Waals surface area (Å²) in [4.78, 5) is 31.5. The summed E-state index contributed by atoms with van der Waals surface area (Å²) < 4.78 is 11.3. The highest BCUT2D eigenvalue weighted by molar-refractivity contribution is 5.95. The van der Waals surface area contributed by atoms with Crippen molar-refractivity contribution in [2.75, 3.05) is 13.7 Å². The molecule has 7 heteroatoms. The number of nitrogens with one attached hydrogen (secondary N) is 1. The van der Waals surface area contributed by atoms with Crippen LogP contribution in [-0.2, 0) is 9.53 Å². The highest BCUT2D eigenvalue weighted by atomic mass is 16.5. The number of amides is 2. The Bertz CT molecular complexity index is 1080. The van der Waals surface area contributed by atoms with Crippen LogP contribution < -0.4 is 5.32 Å². The number of pyridine rings is 1. The number of rotatable bonds is 5. The maximum Gasteiger partial charge on any atom is 0.253 e. The van der Waals surface area contributed by atoms with E-state index in [1.807, 2.05) is 49.5 Å². The van der Waals surface area contributed by atoms with Crippen LogP contribution in [0.15, 0.2) is 53.1 Å². The standard InChI is InChI=1S/C25H27N3O4/c1-28(19-11-10-18(14-19)27-24(29)22-5-3-13-31-22)25(30)17-8-6-16(7-9-17)23-15-20-21(32-23)4-2-12-26-20/h2,4,6-9,12,15,18-19,22H,3,5,10-11,13-14H2,1H3,(H,27,29)/t18-,19+,22-/m0/s1. The van der Waals surface area contributed by atoms with Crippen molar-refractivity contribution >= 4 is 22.9 Å². The third-order valence-electron chi connectivity index (χ3n) is 6.55. The number of ether oxygens (including phenoxy) is 1. The molecule has 32 heavy (non-hydrogen) atoms. The van der Waals surface area contributed by atoms with Gasteiger partial charge in [0.1, 0.15) is 17.4 Å². The molecule has 1 aliphatic heterocycles. The molecule has 0 unspecified atom stereocenters. The lowest BCUT2D eigenvalue weighted by Crippen LogP contribution is -2.41. The van der Waals surface area contributed by atoms with Gasteiger partial charge in [-0.05, 0) is 56.4 Å². The molecule has 166 valence electrons. The summed E-state index contributed by atoms with van der Waals surface area (Å²) in [6.07, 6.45) is 5.68. The highest BCUT2D eigenvalue weighted by Gasteiger charge is 2.33. The van der Waals surface area contributed by atoms with Crippen molar-refractivity contribution < 1.29 is 18.7 Å². The minimum absolute atomic E-state index is 0.0149. The van der Waals surface area contributed by atoms with Gasteiger partial charge in [-0.1, -0.05) is 12.1 Å². The fraction of sp³-hybridized carbons (Fsp3) is 0.400. The zero-order valence-corrected chi connectivity index (χ0v) is 18.1. The Morgan fingerprint density at radius 2 is 1.97 bits per heavy atom. The number of nitrogens with zero attached hydrogens (tertiary/aromatic N) is 2. The Balaban J connectivity index is 1.20. The van der Waals surface area contributed by atoms with Gasteiger partial charge in [0.2, 0.25) is 5.91 Å². The third-order valence-corrected chi connectivity index (χ3v) is 6.55. The molecule has 1 N–H and O–H groups in total. The van der Waals surface area contributed by atoms with Crippen molar-refractivity contribution in [2.24, 2.45) is 0 Å². The van der Waals surface area contributed by atoms with Crippen molar-refractivity contribution in [1.29, 1.82) is 0 Å². The maximum atomic E-state index is 13.0. The molecule has 1 saturated heterocycles. The largest absolute Gasteiger partial charge is 0.454 e. The molecule has 2 fully saturated rings. The van der Waals surface area contributed by atoms with Gasteiger partial charge in [-0.25, -0.2) is 0 Å². The van der Waals surface area contributed by atoms with E-state index in [9.17, 15) is 9.59 Å². The lowest BCUT2D eigenvalue weighted by Gasteiger charge is -2.25. The van der Waals surface area contributed by atoms with Gasteiger partial charge in [0.25, 0.3) is 5.91 Å². The molecule has 3 heterocycles. The minimum Gasteiger partial charge on any atom is -0.454 e. The molecule has 5 rings (SSSR count). The Labute approximate surface area is 186 Å². The van der Waals surface area contributed by atoms with Crippen LogP contribution in [0.2, 0.25) is 0 Å². The SMILES string of the molecule is CN(C(=O)c1ccc(-c2cc3ncccc3o2)cc1)[C@@H]1CC[C@H](NC(=O)[C@@H]2CCCO2)C1. The molecule has 1 aromatic carbocycles. The molecule has 1 aliphatic carbocycles. The number of benzene rings is 1. The Morgan fingerprint density at radius 1 is 1.12 bits per heavy atom. The second kappa shape index (κ2) is 8.74. The van der Waals surface area contributed by atoms with Crippen LogP contribution in [0.1, 0.15) is 42.5 Å². The highest BCUT2D eigenvalue weighted by Crippen LogP contribution is 2.28. The van der Waals surface area contributed by atoms with Crippen molar-refractivity contribution in [2.45, 2.75) is 50.3 Å². The molecule has 3 atom stereocenters. The number of aromatic nitrogens is 1. The van der Waals surface area contributed by atoms with Crippen LogP contribution in [-0.4, -0.2) is 53.5 Å². The van der Waals surface area contributed by atoms with Crippen LogP contribution in [0, 0.1) is 0 Å². The first-order valence-corrected chi connectivity index (χ1v) is 11.2. The van der Waals surface area contributed by atoms with E-state index in [0.717, 1.165) is 54.5 Å². The molecular formula is C25H27N3O4. The van der Waals surface area contributed by atoms with Gasteiger partial charge in [0.05, 0.1) is 0 Å². The summed E-state index contributed by atoms with van der Waals surface area (Å²) in [5.74, 6) is 0.698. The quantitative estimate of drug-likeness (QED) is 0.662. The van der Waals surface area contributed by atoms with E-state index < -0.39 is 0 Å². The van der Waals surface area contributed by atoms with Gasteiger partial charge in [-0.3, -0.25) is 14.6 Å². The first kappa shape index (κ1) is 20.7. The molecule has 0 spiro atoms. The predicted molar refractivity (Wildman–Crippen MR) is 120 cm³/mol. The molecule has 7 nitrogen and oxygen atoms in total. The molecular weight excluding hydrogens is 406 g/mol. The summed E-state index contributed by atoms with van der Waals surface area (Å²) in [6.45, 7) is 0.661. The second-order valence-electron chi connectivity index (χ2n) is 8.66. The summed E-state index contributed by atoms with van der Waals surface area (Å²) >= 11 is 0. The van der Waals surface area contributed by atoms with Crippen LogP contribution in [0.3, 0.4) is 0 Å². The fourth-order valence-corrected chi connectivity index (χ4v) is 4.68. The second-order valence-corrected chi connectivity index (χ2v) is 8.66. The summed E-state index contributed by atoms with van der Waals surface area (Å²) in [6, 6.07) is 13.3. The van der Waals surface area contributed by atoms with Crippen molar-refractivity contribution in [3.8, 4) is 11.3 Å². The molecule has 2 amide bonds. The smallest absolute Gasteiger partial charge is 0.253 e. The van der Waals surface area contributed by atoms with Gasteiger partial charge in [-0.2, -0.15) is 0 Å². The zero-order chi connectivity index (χ0) is 22.1. The van der Waals surface area contributed by atoms with Crippen LogP contribution in [0.5, 0.6) is 0 Å². The van der Waals surface area contributed by atoms with Crippen molar-refractivity contribution in [3.63, 3.8) is 0 Å². The molecule has 0 bridgehead atoms. The topological polar surface area (TPSA) is 84.7 Å². The van der Waals surface area contributed by atoms with E-state index in [1.165, 1.54) is 0 Å². The molecule has 2 aromatic heterocycles. The van der Waals surface area contributed by atoms with Gasteiger partial charge in [0, 0.05) is 49.1 Å². The van der Waals surface area contributed by atoms with E-state index >= 15 is 0 Å². The first-order valence-electron chi connectivity index (χ1n) is 11.2. The van der Waals surface area contributed by atoms with Gasteiger partial charge in [-0.15, -0.1) is 0 Å². The number of carbonyl (C=O) groups excluding carboxylic acids is 2. The van der Waals surface area contributed by atoms with E-state index in [2.05, 4.69) is 10.3 Å². The molecule has 0 radical (unpaired) electrons. The first-order chi connectivity index (χ1) is 15.6. The lowest BCUT2D eigenvalue weighted by molar-refractivity contribution is -0.130. The Kier molecular flexibility index (Phi) is 5.66. The zero-order valence-electron chi connectivity index (χ0n) is 18.1. The van der Waals surface area contributed by atoms with Crippen LogP contribution >= 0.6 is 0 Å². The maximum absolute atomic E-state index is 13.0. The van der Waals surface area contributed by atoms with Crippen LogP contribution in [0.25, 0.3) is 22.4 Å². The van der Waals surface area contributed by atoms with E-state index in [-0.39, 0.29) is 30.0 Å². The number of hydrogen-bond acceptors (Lipinski definition) is 5. The van der Waals surface area contributed by atoms with Crippen LogP contribution in [0.4, 0.5) is 0 Å². The lowest BCUT2D eigenvalue weighted by atomic mass is 10.1. The van der Waals surface area contributed by atoms with Crippen molar-refractivity contribution in [3.05, 3.63) is 54.2 Å². The van der Waals surface area contributed by atoms with E-state index in [1.54, 1.807) is 11.1 Å². The molecule has 2 aliphatic rings. The molecule has 1 saturated carbocycles. The summed E-state index contributed by atoms with van der Waals surface area (Å²) in [5, 5.41) is 3.10.